The van der Waals surface area contributed by atoms with Crippen LogP contribution in [0.4, 0.5) is 4.39 Å². The van der Waals surface area contributed by atoms with Crippen LogP contribution >= 0.6 is 0 Å². The highest BCUT2D eigenvalue weighted by Crippen LogP contribution is 2.49. The molecule has 0 N–H and O–H groups in total. The van der Waals surface area contributed by atoms with E-state index in [1.807, 2.05) is 9.80 Å². The van der Waals surface area contributed by atoms with Crippen molar-refractivity contribution in [1.82, 2.24) is 9.80 Å². The number of amides is 2. The highest BCUT2D eigenvalue weighted by atomic mass is 19.1. The highest BCUT2D eigenvalue weighted by molar-refractivity contribution is 5.79. The van der Waals surface area contributed by atoms with Crippen LogP contribution in [0.3, 0.4) is 0 Å². The molecule has 6 heteroatoms. The lowest BCUT2D eigenvalue weighted by Crippen LogP contribution is -2.41. The Balaban J connectivity index is 1.40. The molecule has 3 fully saturated rings. The van der Waals surface area contributed by atoms with Crippen LogP contribution < -0.4 is 0 Å². The van der Waals surface area contributed by atoms with Gasteiger partial charge in [-0.1, -0.05) is 37.5 Å². The predicted molar refractivity (Wildman–Crippen MR) is 112 cm³/mol. The van der Waals surface area contributed by atoms with Crippen LogP contribution in [0.2, 0.25) is 0 Å². The second-order valence-electron chi connectivity index (χ2n) is 9.19. The normalized spacial score (nSPS) is 23.7. The Morgan fingerprint density at radius 3 is 2.50 bits per heavy atom. The Morgan fingerprint density at radius 1 is 1.03 bits per heavy atom. The third-order valence-corrected chi connectivity index (χ3v) is 7.38. The topological polar surface area (TPSA) is 49.9 Å². The van der Waals surface area contributed by atoms with Gasteiger partial charge in [0.1, 0.15) is 5.82 Å². The minimum Gasteiger partial charge on any atom is -0.378 e. The van der Waals surface area contributed by atoms with Crippen LogP contribution in [0.25, 0.3) is 0 Å². The van der Waals surface area contributed by atoms with Gasteiger partial charge in [0.25, 0.3) is 0 Å². The molecule has 30 heavy (non-hydrogen) atoms. The molecule has 2 aliphatic heterocycles. The number of hydrogen-bond donors (Lipinski definition) is 0. The summed E-state index contributed by atoms with van der Waals surface area (Å²) in [5.74, 6) is 0.255. The monoisotopic (exact) mass is 416 g/mol. The fourth-order valence-electron chi connectivity index (χ4n) is 5.63. The molecule has 1 aromatic rings. The molecule has 1 unspecified atom stereocenters. The van der Waals surface area contributed by atoms with Gasteiger partial charge in [-0.25, -0.2) is 4.39 Å². The van der Waals surface area contributed by atoms with Crippen LogP contribution in [0.1, 0.15) is 50.5 Å². The van der Waals surface area contributed by atoms with Gasteiger partial charge in [0.15, 0.2) is 0 Å². The molecular weight excluding hydrogens is 383 g/mol. The summed E-state index contributed by atoms with van der Waals surface area (Å²) in [6.07, 6.45) is 7.40. The van der Waals surface area contributed by atoms with Crippen molar-refractivity contribution in [2.45, 2.75) is 51.4 Å². The summed E-state index contributed by atoms with van der Waals surface area (Å²) in [6, 6.07) is 6.53. The number of carbonyl (C=O) groups excluding carboxylic acids is 2. The Bertz CT molecular complexity index is 757. The smallest absolute Gasteiger partial charge is 0.227 e. The van der Waals surface area contributed by atoms with Crippen LogP contribution in [0.15, 0.2) is 24.3 Å². The Morgan fingerprint density at radius 2 is 1.77 bits per heavy atom. The van der Waals surface area contributed by atoms with Crippen LogP contribution in [0.5, 0.6) is 0 Å². The van der Waals surface area contributed by atoms with Crippen molar-refractivity contribution in [3.05, 3.63) is 35.6 Å². The van der Waals surface area contributed by atoms with Gasteiger partial charge in [-0.2, -0.15) is 0 Å². The molecule has 4 rings (SSSR count). The van der Waals surface area contributed by atoms with Crippen molar-refractivity contribution in [1.29, 1.82) is 0 Å². The van der Waals surface area contributed by atoms with Crippen molar-refractivity contribution in [2.24, 2.45) is 11.3 Å². The van der Waals surface area contributed by atoms with E-state index in [-0.39, 0.29) is 29.5 Å². The van der Waals surface area contributed by atoms with E-state index < -0.39 is 0 Å². The molecule has 164 valence electrons. The summed E-state index contributed by atoms with van der Waals surface area (Å²) in [4.78, 5) is 29.5. The molecule has 2 heterocycles. The maximum atomic E-state index is 14.0. The van der Waals surface area contributed by atoms with E-state index in [2.05, 4.69) is 0 Å². The third-order valence-electron chi connectivity index (χ3n) is 7.38. The lowest BCUT2D eigenvalue weighted by atomic mass is 9.66. The van der Waals surface area contributed by atoms with Crippen LogP contribution in [-0.2, 0) is 20.7 Å². The fourth-order valence-corrected chi connectivity index (χ4v) is 5.63. The molecule has 0 radical (unpaired) electrons. The standard InChI is InChI=1S/C24H33FN2O3/c25-21-7-3-2-6-19(21)16-23(29)27-17-20(24(18-27)10-4-1-5-11-24)8-9-22(28)26-12-14-30-15-13-26/h2-3,6-7,20H,1,4-5,8-18H2. The molecule has 2 amide bonds. The van der Waals surface area contributed by atoms with Gasteiger partial charge >= 0.3 is 0 Å². The lowest BCUT2D eigenvalue weighted by Gasteiger charge is -2.38. The zero-order chi connectivity index (χ0) is 21.0. The van der Waals surface area contributed by atoms with Gasteiger partial charge < -0.3 is 14.5 Å². The minimum absolute atomic E-state index is 0.00653. The maximum absolute atomic E-state index is 14.0. The Hall–Kier alpha value is -1.95. The Labute approximate surface area is 178 Å². The number of likely N-dealkylation sites (tertiary alicyclic amines) is 1. The number of benzene rings is 1. The number of morpholine rings is 1. The minimum atomic E-state index is -0.315. The van der Waals surface area contributed by atoms with Crippen molar-refractivity contribution in [3.8, 4) is 0 Å². The van der Waals surface area contributed by atoms with Gasteiger partial charge in [-0.15, -0.1) is 0 Å². The first-order valence-corrected chi connectivity index (χ1v) is 11.4. The van der Waals surface area contributed by atoms with Crippen molar-refractivity contribution < 1.29 is 18.7 Å². The average Bonchev–Trinajstić information content (AvgIpc) is 3.12. The zero-order valence-corrected chi connectivity index (χ0v) is 17.8. The van der Waals surface area contributed by atoms with Crippen molar-refractivity contribution in [2.75, 3.05) is 39.4 Å². The zero-order valence-electron chi connectivity index (χ0n) is 17.8. The third kappa shape index (κ3) is 4.69. The predicted octanol–water partition coefficient (Wildman–Crippen LogP) is 3.42. The van der Waals surface area contributed by atoms with E-state index >= 15 is 0 Å². The summed E-state index contributed by atoms with van der Waals surface area (Å²) < 4.78 is 19.4. The first-order valence-electron chi connectivity index (χ1n) is 11.4. The van der Waals surface area contributed by atoms with Gasteiger partial charge in [0.2, 0.25) is 11.8 Å². The largest absolute Gasteiger partial charge is 0.378 e. The molecule has 1 atom stereocenters. The number of ether oxygens (including phenoxy) is 1. The quantitative estimate of drug-likeness (QED) is 0.739. The van der Waals surface area contributed by atoms with Crippen LogP contribution in [-0.4, -0.2) is 61.0 Å². The van der Waals surface area contributed by atoms with E-state index in [0.29, 0.717) is 50.8 Å². The number of rotatable bonds is 5. The molecule has 5 nitrogen and oxygen atoms in total. The summed E-state index contributed by atoms with van der Waals surface area (Å²) >= 11 is 0. The van der Waals surface area contributed by atoms with Gasteiger partial charge in [-0.3, -0.25) is 9.59 Å². The number of nitrogens with zero attached hydrogens (tertiary/aromatic N) is 2. The van der Waals surface area contributed by atoms with E-state index in [9.17, 15) is 14.0 Å². The molecule has 1 aromatic carbocycles. The summed E-state index contributed by atoms with van der Waals surface area (Å²) in [5, 5.41) is 0. The fraction of sp³-hybridized carbons (Fsp3) is 0.667. The van der Waals surface area contributed by atoms with Gasteiger partial charge in [-0.05, 0) is 42.2 Å². The lowest BCUT2D eigenvalue weighted by molar-refractivity contribution is -0.135. The van der Waals surface area contributed by atoms with E-state index in [0.717, 1.165) is 25.8 Å². The maximum Gasteiger partial charge on any atom is 0.227 e. The molecule has 2 saturated heterocycles. The van der Waals surface area contributed by atoms with Crippen molar-refractivity contribution in [3.63, 3.8) is 0 Å². The van der Waals surface area contributed by atoms with Gasteiger partial charge in [0.05, 0.1) is 19.6 Å². The number of carbonyl (C=O) groups is 2. The number of halogens is 1. The summed E-state index contributed by atoms with van der Waals surface area (Å²) in [5.41, 5.74) is 0.597. The molecule has 0 bridgehead atoms. The molecular formula is C24H33FN2O3. The Kier molecular flexibility index (Phi) is 6.71. The summed E-state index contributed by atoms with van der Waals surface area (Å²) in [7, 11) is 0. The second kappa shape index (κ2) is 9.46. The molecule has 3 aliphatic rings. The van der Waals surface area contributed by atoms with Crippen molar-refractivity contribution >= 4 is 11.8 Å². The summed E-state index contributed by atoms with van der Waals surface area (Å²) in [6.45, 7) is 4.07. The molecule has 0 aromatic heterocycles. The molecule has 1 aliphatic carbocycles. The SMILES string of the molecule is O=C(CCC1CN(C(=O)Cc2ccccc2F)CC12CCCCC2)N1CCOCC1. The van der Waals surface area contributed by atoms with E-state index in [1.165, 1.54) is 25.3 Å². The molecule has 1 saturated carbocycles. The molecule has 1 spiro atoms. The number of hydrogen-bond acceptors (Lipinski definition) is 3. The van der Waals surface area contributed by atoms with E-state index in [4.69, 9.17) is 4.74 Å². The first-order chi connectivity index (χ1) is 14.6. The average molecular weight is 417 g/mol. The van der Waals surface area contributed by atoms with Gasteiger partial charge in [0, 0.05) is 32.6 Å². The van der Waals surface area contributed by atoms with E-state index in [1.54, 1.807) is 18.2 Å². The second-order valence-corrected chi connectivity index (χ2v) is 9.19. The highest BCUT2D eigenvalue weighted by Gasteiger charge is 2.47. The van der Waals surface area contributed by atoms with Crippen LogP contribution in [0, 0.1) is 17.2 Å². The first kappa shape index (κ1) is 21.3.